The molecule has 0 amide bonds. The van der Waals surface area contributed by atoms with Crippen molar-refractivity contribution < 1.29 is 8.42 Å². The van der Waals surface area contributed by atoms with E-state index in [1.165, 1.54) is 19.0 Å². The van der Waals surface area contributed by atoms with Crippen LogP contribution in [0, 0.1) is 0 Å². The molecule has 1 aromatic heterocycles. The first-order valence-electron chi connectivity index (χ1n) is 6.36. The molecule has 2 rings (SSSR count). The van der Waals surface area contributed by atoms with E-state index in [2.05, 4.69) is 15.0 Å². The fourth-order valence-electron chi connectivity index (χ4n) is 2.05. The highest BCUT2D eigenvalue weighted by Crippen LogP contribution is 2.25. The van der Waals surface area contributed by atoms with Crippen LogP contribution in [-0.4, -0.2) is 38.0 Å². The second kappa shape index (κ2) is 6.58. The summed E-state index contributed by atoms with van der Waals surface area (Å²) in [5, 5.41) is 3.26. The lowest BCUT2D eigenvalue weighted by Crippen LogP contribution is -2.32. The fourth-order valence-corrected chi connectivity index (χ4v) is 4.63. The van der Waals surface area contributed by atoms with Gasteiger partial charge in [-0.15, -0.1) is 0 Å². The van der Waals surface area contributed by atoms with Crippen LogP contribution in [0.25, 0.3) is 0 Å². The van der Waals surface area contributed by atoms with Crippen molar-refractivity contribution >= 4 is 27.5 Å². The minimum Gasteiger partial charge on any atom is -0.387 e. The molecular weight excluding hydrogens is 282 g/mol. The Morgan fingerprint density at radius 2 is 2.32 bits per heavy atom. The largest absolute Gasteiger partial charge is 0.387 e. The summed E-state index contributed by atoms with van der Waals surface area (Å²) in [6.07, 6.45) is 6.46. The van der Waals surface area contributed by atoms with Gasteiger partial charge in [0, 0.05) is 31.2 Å². The number of hydrogen-bond acceptors (Lipinski definition) is 5. The van der Waals surface area contributed by atoms with Crippen LogP contribution < -0.4 is 10.0 Å². The van der Waals surface area contributed by atoms with Crippen LogP contribution in [-0.2, 0) is 10.0 Å². The molecule has 2 heterocycles. The lowest BCUT2D eigenvalue weighted by molar-refractivity contribution is 0.573. The SMILES string of the molecule is CNc1ccncc1S(=O)(=O)NCC1CCCCS1. The third-order valence-corrected chi connectivity index (χ3v) is 5.97. The Morgan fingerprint density at radius 1 is 1.47 bits per heavy atom. The molecule has 0 aromatic carbocycles. The van der Waals surface area contributed by atoms with Crippen LogP contribution in [0.1, 0.15) is 19.3 Å². The number of thioether (sulfide) groups is 1. The van der Waals surface area contributed by atoms with E-state index in [-0.39, 0.29) is 4.90 Å². The average molecular weight is 301 g/mol. The summed E-state index contributed by atoms with van der Waals surface area (Å²) in [5.74, 6) is 1.13. The van der Waals surface area contributed by atoms with E-state index in [9.17, 15) is 8.42 Å². The van der Waals surface area contributed by atoms with Crippen molar-refractivity contribution in [3.05, 3.63) is 18.5 Å². The molecule has 5 nitrogen and oxygen atoms in total. The van der Waals surface area contributed by atoms with Crippen molar-refractivity contribution in [3.63, 3.8) is 0 Å². The molecule has 7 heteroatoms. The van der Waals surface area contributed by atoms with E-state index in [4.69, 9.17) is 0 Å². The Labute approximate surface area is 118 Å². The van der Waals surface area contributed by atoms with E-state index in [0.29, 0.717) is 17.5 Å². The van der Waals surface area contributed by atoms with Crippen molar-refractivity contribution in [2.75, 3.05) is 24.7 Å². The van der Waals surface area contributed by atoms with Crippen LogP contribution in [0.2, 0.25) is 0 Å². The van der Waals surface area contributed by atoms with Crippen molar-refractivity contribution in [3.8, 4) is 0 Å². The molecule has 0 radical (unpaired) electrons. The maximum Gasteiger partial charge on any atom is 0.244 e. The smallest absolute Gasteiger partial charge is 0.244 e. The number of nitrogens with one attached hydrogen (secondary N) is 2. The summed E-state index contributed by atoms with van der Waals surface area (Å²) in [7, 11) is -1.79. The lowest BCUT2D eigenvalue weighted by atomic mass is 10.2. The first kappa shape index (κ1) is 14.6. The van der Waals surface area contributed by atoms with E-state index >= 15 is 0 Å². The van der Waals surface area contributed by atoms with Gasteiger partial charge in [-0.1, -0.05) is 6.42 Å². The third-order valence-electron chi connectivity index (χ3n) is 3.12. The Balaban J connectivity index is 2.05. The van der Waals surface area contributed by atoms with Gasteiger partial charge in [0.15, 0.2) is 0 Å². The molecule has 0 spiro atoms. The molecule has 19 heavy (non-hydrogen) atoms. The van der Waals surface area contributed by atoms with Gasteiger partial charge >= 0.3 is 0 Å². The van der Waals surface area contributed by atoms with Gasteiger partial charge in [0.2, 0.25) is 10.0 Å². The minimum absolute atomic E-state index is 0.207. The number of nitrogens with zero attached hydrogens (tertiary/aromatic N) is 1. The molecule has 0 bridgehead atoms. The predicted molar refractivity (Wildman–Crippen MR) is 79.1 cm³/mol. The molecule has 1 aliphatic heterocycles. The van der Waals surface area contributed by atoms with Crippen LogP contribution in [0.3, 0.4) is 0 Å². The number of rotatable bonds is 5. The number of hydrogen-bond donors (Lipinski definition) is 2. The number of sulfonamides is 1. The maximum absolute atomic E-state index is 12.3. The summed E-state index contributed by atoms with van der Waals surface area (Å²) < 4.78 is 27.2. The number of pyridine rings is 1. The van der Waals surface area contributed by atoms with Gasteiger partial charge in [0.1, 0.15) is 4.90 Å². The zero-order valence-electron chi connectivity index (χ0n) is 10.9. The van der Waals surface area contributed by atoms with Gasteiger partial charge in [-0.3, -0.25) is 4.98 Å². The molecule has 1 unspecified atom stereocenters. The van der Waals surface area contributed by atoms with Crippen molar-refractivity contribution in [2.45, 2.75) is 29.4 Å². The first-order valence-corrected chi connectivity index (χ1v) is 8.90. The number of anilines is 1. The highest BCUT2D eigenvalue weighted by atomic mass is 32.2. The van der Waals surface area contributed by atoms with E-state index in [1.54, 1.807) is 19.3 Å². The second-order valence-corrected chi connectivity index (χ2v) is 7.61. The zero-order valence-corrected chi connectivity index (χ0v) is 12.6. The van der Waals surface area contributed by atoms with Crippen LogP contribution in [0.5, 0.6) is 0 Å². The number of aromatic nitrogens is 1. The predicted octanol–water partition coefficient (Wildman–Crippen LogP) is 1.69. The topological polar surface area (TPSA) is 71.1 Å². The first-order chi connectivity index (χ1) is 9.13. The second-order valence-electron chi connectivity index (χ2n) is 4.46. The summed E-state index contributed by atoms with van der Waals surface area (Å²) >= 11 is 1.85. The van der Waals surface area contributed by atoms with Gasteiger partial charge in [0.05, 0.1) is 5.69 Å². The van der Waals surface area contributed by atoms with Gasteiger partial charge in [0.25, 0.3) is 0 Å². The standard InChI is InChI=1S/C12H19N3O2S2/c1-13-11-5-6-14-9-12(11)19(16,17)15-8-10-4-2-3-7-18-10/h5-6,9-10,15H,2-4,7-8H2,1H3,(H,13,14). The Kier molecular flexibility index (Phi) is 5.06. The molecular formula is C12H19N3O2S2. The fraction of sp³-hybridized carbons (Fsp3) is 0.583. The third kappa shape index (κ3) is 3.84. The molecule has 0 saturated carbocycles. The van der Waals surface area contributed by atoms with Crippen LogP contribution in [0.15, 0.2) is 23.4 Å². The highest BCUT2D eigenvalue weighted by molar-refractivity contribution is 8.00. The lowest BCUT2D eigenvalue weighted by Gasteiger charge is -2.21. The van der Waals surface area contributed by atoms with Gasteiger partial charge in [-0.05, 0) is 24.7 Å². The molecule has 1 saturated heterocycles. The summed E-state index contributed by atoms with van der Waals surface area (Å²) in [6, 6.07) is 1.66. The Hall–Kier alpha value is -0.790. The quantitative estimate of drug-likeness (QED) is 0.866. The molecule has 1 aliphatic rings. The molecule has 0 aliphatic carbocycles. The van der Waals surface area contributed by atoms with Crippen molar-refractivity contribution in [1.29, 1.82) is 0 Å². The van der Waals surface area contributed by atoms with Gasteiger partial charge in [-0.2, -0.15) is 11.8 Å². The van der Waals surface area contributed by atoms with E-state index < -0.39 is 10.0 Å². The average Bonchev–Trinajstić information content (AvgIpc) is 2.46. The highest BCUT2D eigenvalue weighted by Gasteiger charge is 2.21. The Bertz CT molecular complexity index is 513. The Morgan fingerprint density at radius 3 is 3.00 bits per heavy atom. The molecule has 2 N–H and O–H groups in total. The van der Waals surface area contributed by atoms with Crippen molar-refractivity contribution in [1.82, 2.24) is 9.71 Å². The molecule has 1 fully saturated rings. The summed E-state index contributed by atoms with van der Waals surface area (Å²) in [6.45, 7) is 0.491. The summed E-state index contributed by atoms with van der Waals surface area (Å²) in [5.41, 5.74) is 0.568. The summed E-state index contributed by atoms with van der Waals surface area (Å²) in [4.78, 5) is 4.10. The normalized spacial score (nSPS) is 20.2. The zero-order chi connectivity index (χ0) is 13.7. The minimum atomic E-state index is -3.49. The van der Waals surface area contributed by atoms with Gasteiger partial charge in [-0.25, -0.2) is 13.1 Å². The van der Waals surface area contributed by atoms with Crippen LogP contribution >= 0.6 is 11.8 Å². The van der Waals surface area contributed by atoms with Crippen molar-refractivity contribution in [2.24, 2.45) is 0 Å². The molecule has 1 aromatic rings. The van der Waals surface area contributed by atoms with Gasteiger partial charge < -0.3 is 5.32 Å². The molecule has 1 atom stereocenters. The monoisotopic (exact) mass is 301 g/mol. The van der Waals surface area contributed by atoms with E-state index in [1.807, 2.05) is 11.8 Å². The maximum atomic E-state index is 12.3. The van der Waals surface area contributed by atoms with Crippen LogP contribution in [0.4, 0.5) is 5.69 Å². The van der Waals surface area contributed by atoms with E-state index in [0.717, 1.165) is 12.2 Å². The molecule has 106 valence electrons.